The van der Waals surface area contributed by atoms with Crippen LogP contribution in [0.2, 0.25) is 0 Å². The normalized spacial score (nSPS) is 9.65. The van der Waals surface area contributed by atoms with E-state index in [1.54, 1.807) is 11.3 Å². The summed E-state index contributed by atoms with van der Waals surface area (Å²) in [7, 11) is 0. The molecule has 0 saturated heterocycles. The topological polar surface area (TPSA) is 12.0 Å². The standard InChI is InChI=1S/C15H15NS/c1-2-5-14(6-3-1)7-4-10-16-11-8-15-9-12-17-13-15/h1-3,5-6,9,12-13,16H,8,10-11H2. The van der Waals surface area contributed by atoms with Crippen LogP contribution in [-0.2, 0) is 6.42 Å². The van der Waals surface area contributed by atoms with Gasteiger partial charge in [-0.15, -0.1) is 0 Å². The molecule has 1 aromatic heterocycles. The van der Waals surface area contributed by atoms with Gasteiger partial charge >= 0.3 is 0 Å². The molecule has 1 nitrogen and oxygen atoms in total. The van der Waals surface area contributed by atoms with Crippen molar-refractivity contribution in [2.24, 2.45) is 0 Å². The highest BCUT2D eigenvalue weighted by atomic mass is 32.1. The van der Waals surface area contributed by atoms with Crippen LogP contribution in [0.3, 0.4) is 0 Å². The Kier molecular flexibility index (Phi) is 4.84. The van der Waals surface area contributed by atoms with E-state index in [2.05, 4.69) is 34.0 Å². The van der Waals surface area contributed by atoms with E-state index >= 15 is 0 Å². The Morgan fingerprint density at radius 1 is 1.12 bits per heavy atom. The largest absolute Gasteiger partial charge is 0.306 e. The van der Waals surface area contributed by atoms with Gasteiger partial charge in [0.05, 0.1) is 6.54 Å². The van der Waals surface area contributed by atoms with Crippen molar-refractivity contribution in [1.82, 2.24) is 5.32 Å². The second kappa shape index (κ2) is 6.90. The summed E-state index contributed by atoms with van der Waals surface area (Å²) in [5.41, 5.74) is 2.48. The van der Waals surface area contributed by atoms with Crippen molar-refractivity contribution in [3.05, 3.63) is 58.3 Å². The Balaban J connectivity index is 1.65. The highest BCUT2D eigenvalue weighted by Gasteiger charge is 1.91. The van der Waals surface area contributed by atoms with Crippen LogP contribution in [0.4, 0.5) is 0 Å². The molecule has 0 radical (unpaired) electrons. The third kappa shape index (κ3) is 4.44. The number of hydrogen-bond acceptors (Lipinski definition) is 2. The van der Waals surface area contributed by atoms with Gasteiger partial charge in [-0.2, -0.15) is 11.3 Å². The Hall–Kier alpha value is -1.56. The summed E-state index contributed by atoms with van der Waals surface area (Å²) in [6, 6.07) is 12.2. The molecule has 17 heavy (non-hydrogen) atoms. The lowest BCUT2D eigenvalue weighted by atomic mass is 10.2. The molecule has 0 bridgehead atoms. The molecule has 0 unspecified atom stereocenters. The first kappa shape index (κ1) is 11.9. The van der Waals surface area contributed by atoms with Crippen LogP contribution in [0.5, 0.6) is 0 Å². The van der Waals surface area contributed by atoms with E-state index in [0.29, 0.717) is 0 Å². The zero-order valence-electron chi connectivity index (χ0n) is 9.65. The van der Waals surface area contributed by atoms with Crippen molar-refractivity contribution >= 4 is 11.3 Å². The van der Waals surface area contributed by atoms with E-state index in [1.807, 2.05) is 30.3 Å². The number of rotatable bonds is 4. The molecule has 0 saturated carbocycles. The van der Waals surface area contributed by atoms with Gasteiger partial charge in [-0.25, -0.2) is 0 Å². The summed E-state index contributed by atoms with van der Waals surface area (Å²) in [4.78, 5) is 0. The molecule has 1 heterocycles. The van der Waals surface area contributed by atoms with Gasteiger partial charge < -0.3 is 5.32 Å². The molecule has 0 atom stereocenters. The molecule has 2 heteroatoms. The molecule has 0 spiro atoms. The van der Waals surface area contributed by atoms with Crippen molar-refractivity contribution in [3.8, 4) is 11.8 Å². The summed E-state index contributed by atoms with van der Waals surface area (Å²) in [6.45, 7) is 1.74. The molecule has 1 aromatic carbocycles. The van der Waals surface area contributed by atoms with Crippen molar-refractivity contribution in [2.75, 3.05) is 13.1 Å². The van der Waals surface area contributed by atoms with Crippen LogP contribution in [-0.4, -0.2) is 13.1 Å². The average molecular weight is 241 g/mol. The number of hydrogen-bond donors (Lipinski definition) is 1. The van der Waals surface area contributed by atoms with Crippen molar-refractivity contribution in [1.29, 1.82) is 0 Å². The molecule has 2 rings (SSSR count). The maximum atomic E-state index is 3.32. The molecule has 86 valence electrons. The van der Waals surface area contributed by atoms with E-state index in [4.69, 9.17) is 0 Å². The quantitative estimate of drug-likeness (QED) is 0.641. The van der Waals surface area contributed by atoms with Crippen molar-refractivity contribution in [3.63, 3.8) is 0 Å². The highest BCUT2D eigenvalue weighted by molar-refractivity contribution is 7.07. The molecule has 0 amide bonds. The zero-order valence-corrected chi connectivity index (χ0v) is 10.5. The van der Waals surface area contributed by atoms with Gasteiger partial charge in [-0.05, 0) is 40.9 Å². The maximum Gasteiger partial charge on any atom is 0.0580 e. The van der Waals surface area contributed by atoms with Gasteiger partial charge in [0.2, 0.25) is 0 Å². The lowest BCUT2D eigenvalue weighted by Gasteiger charge is -1.97. The molecular formula is C15H15NS. The summed E-state index contributed by atoms with van der Waals surface area (Å²) in [5, 5.41) is 7.63. The summed E-state index contributed by atoms with van der Waals surface area (Å²) in [5.74, 6) is 6.25. The molecule has 0 aliphatic carbocycles. The fourth-order valence-electron chi connectivity index (χ4n) is 1.49. The molecule has 0 aliphatic rings. The van der Waals surface area contributed by atoms with Gasteiger partial charge in [0.15, 0.2) is 0 Å². The van der Waals surface area contributed by atoms with Gasteiger partial charge in [-0.3, -0.25) is 0 Å². The van der Waals surface area contributed by atoms with Crippen LogP contribution in [0.1, 0.15) is 11.1 Å². The summed E-state index contributed by atoms with van der Waals surface area (Å²) in [6.07, 6.45) is 1.08. The van der Waals surface area contributed by atoms with Crippen LogP contribution < -0.4 is 5.32 Å². The van der Waals surface area contributed by atoms with Crippen LogP contribution in [0.25, 0.3) is 0 Å². The Bertz CT molecular complexity index is 477. The maximum absolute atomic E-state index is 3.32. The number of thiophene rings is 1. The smallest absolute Gasteiger partial charge is 0.0580 e. The first-order valence-corrected chi connectivity index (χ1v) is 6.65. The minimum absolute atomic E-state index is 0.749. The second-order valence-electron chi connectivity index (χ2n) is 3.73. The fourth-order valence-corrected chi connectivity index (χ4v) is 2.19. The Labute approximate surface area is 107 Å². The predicted molar refractivity (Wildman–Crippen MR) is 74.2 cm³/mol. The summed E-state index contributed by atoms with van der Waals surface area (Å²) < 4.78 is 0. The molecule has 0 fully saturated rings. The van der Waals surface area contributed by atoms with Crippen LogP contribution >= 0.6 is 11.3 Å². The van der Waals surface area contributed by atoms with E-state index in [1.165, 1.54) is 5.56 Å². The lowest BCUT2D eigenvalue weighted by molar-refractivity contribution is 0.754. The minimum atomic E-state index is 0.749. The monoisotopic (exact) mass is 241 g/mol. The van der Waals surface area contributed by atoms with Crippen molar-refractivity contribution in [2.45, 2.75) is 6.42 Å². The molecule has 2 aromatic rings. The van der Waals surface area contributed by atoms with Gasteiger partial charge in [0.1, 0.15) is 0 Å². The first-order valence-electron chi connectivity index (χ1n) is 5.71. The van der Waals surface area contributed by atoms with Gasteiger partial charge in [-0.1, -0.05) is 30.0 Å². The molecule has 0 aliphatic heterocycles. The lowest BCUT2D eigenvalue weighted by Crippen LogP contribution is -2.17. The van der Waals surface area contributed by atoms with E-state index in [-0.39, 0.29) is 0 Å². The van der Waals surface area contributed by atoms with Crippen LogP contribution in [0, 0.1) is 11.8 Å². The number of benzene rings is 1. The summed E-state index contributed by atoms with van der Waals surface area (Å²) >= 11 is 1.75. The number of nitrogens with one attached hydrogen (secondary N) is 1. The molecular weight excluding hydrogens is 226 g/mol. The third-order valence-corrected chi connectivity index (χ3v) is 3.12. The Morgan fingerprint density at radius 2 is 2.00 bits per heavy atom. The van der Waals surface area contributed by atoms with Gasteiger partial charge in [0, 0.05) is 12.1 Å². The highest BCUT2D eigenvalue weighted by Crippen LogP contribution is 2.05. The average Bonchev–Trinajstić information content (AvgIpc) is 2.88. The van der Waals surface area contributed by atoms with Crippen molar-refractivity contribution < 1.29 is 0 Å². The van der Waals surface area contributed by atoms with Crippen LogP contribution in [0.15, 0.2) is 47.2 Å². The second-order valence-corrected chi connectivity index (χ2v) is 4.51. The minimum Gasteiger partial charge on any atom is -0.306 e. The third-order valence-electron chi connectivity index (χ3n) is 2.39. The zero-order chi connectivity index (χ0) is 11.8. The van der Waals surface area contributed by atoms with Gasteiger partial charge in [0.25, 0.3) is 0 Å². The first-order chi connectivity index (χ1) is 8.45. The fraction of sp³-hybridized carbons (Fsp3) is 0.200. The van der Waals surface area contributed by atoms with E-state index in [0.717, 1.165) is 25.1 Å². The molecule has 1 N–H and O–H groups in total. The van der Waals surface area contributed by atoms with E-state index in [9.17, 15) is 0 Å². The Morgan fingerprint density at radius 3 is 2.76 bits per heavy atom. The van der Waals surface area contributed by atoms with E-state index < -0.39 is 0 Å². The SMILES string of the molecule is C(#Cc1ccccc1)CNCCc1ccsc1. The predicted octanol–water partition coefficient (Wildman–Crippen LogP) is 2.93.